The fourth-order valence-electron chi connectivity index (χ4n) is 1.61. The van der Waals surface area contributed by atoms with Gasteiger partial charge >= 0.3 is 0 Å². The molecule has 0 saturated carbocycles. The first-order chi connectivity index (χ1) is 8.11. The SMILES string of the molecule is CC(=O)c1ccc(-n2cc(CBr)c(C)n2)cc1. The molecule has 0 atom stereocenters. The molecule has 0 spiro atoms. The van der Waals surface area contributed by atoms with Crippen LogP contribution in [0.4, 0.5) is 0 Å². The topological polar surface area (TPSA) is 34.9 Å². The Kier molecular flexibility index (Phi) is 3.43. The van der Waals surface area contributed by atoms with Crippen LogP contribution in [0.25, 0.3) is 5.69 Å². The molecule has 0 unspecified atom stereocenters. The summed E-state index contributed by atoms with van der Waals surface area (Å²) in [6.07, 6.45) is 1.99. The molecule has 0 N–H and O–H groups in total. The van der Waals surface area contributed by atoms with Gasteiger partial charge < -0.3 is 0 Å². The van der Waals surface area contributed by atoms with E-state index in [1.165, 1.54) is 5.56 Å². The molecule has 0 aliphatic heterocycles. The molecule has 2 aromatic rings. The maximum absolute atomic E-state index is 11.2. The Morgan fingerprint density at radius 1 is 1.35 bits per heavy atom. The molecule has 0 radical (unpaired) electrons. The molecule has 88 valence electrons. The quantitative estimate of drug-likeness (QED) is 0.643. The number of alkyl halides is 1. The van der Waals surface area contributed by atoms with Crippen molar-refractivity contribution in [1.29, 1.82) is 0 Å². The third kappa shape index (κ3) is 2.47. The molecular formula is C13H13BrN2O. The maximum atomic E-state index is 11.2. The van der Waals surface area contributed by atoms with Crippen molar-refractivity contribution in [3.8, 4) is 5.69 Å². The van der Waals surface area contributed by atoms with E-state index in [0.29, 0.717) is 0 Å². The molecule has 17 heavy (non-hydrogen) atoms. The molecule has 2 rings (SSSR count). The Balaban J connectivity index is 2.36. The highest BCUT2D eigenvalue weighted by Gasteiger charge is 2.05. The van der Waals surface area contributed by atoms with Crippen molar-refractivity contribution in [2.75, 3.05) is 0 Å². The monoisotopic (exact) mass is 292 g/mol. The molecular weight excluding hydrogens is 280 g/mol. The number of nitrogens with zero attached hydrogens (tertiary/aromatic N) is 2. The van der Waals surface area contributed by atoms with Crippen molar-refractivity contribution in [2.45, 2.75) is 19.2 Å². The van der Waals surface area contributed by atoms with Gasteiger partial charge in [-0.3, -0.25) is 4.79 Å². The smallest absolute Gasteiger partial charge is 0.159 e. The third-order valence-electron chi connectivity index (χ3n) is 2.68. The number of carbonyl (C=O) groups excluding carboxylic acids is 1. The number of hydrogen-bond donors (Lipinski definition) is 0. The zero-order valence-corrected chi connectivity index (χ0v) is 11.4. The lowest BCUT2D eigenvalue weighted by molar-refractivity contribution is 0.101. The summed E-state index contributed by atoms with van der Waals surface area (Å²) in [5, 5.41) is 5.22. The van der Waals surface area contributed by atoms with Crippen LogP contribution < -0.4 is 0 Å². The molecule has 1 aromatic carbocycles. The lowest BCUT2D eigenvalue weighted by Crippen LogP contribution is -1.97. The van der Waals surface area contributed by atoms with Crippen molar-refractivity contribution in [1.82, 2.24) is 9.78 Å². The number of rotatable bonds is 3. The minimum Gasteiger partial charge on any atom is -0.295 e. The Morgan fingerprint density at radius 3 is 2.47 bits per heavy atom. The average Bonchev–Trinajstić information content (AvgIpc) is 2.70. The van der Waals surface area contributed by atoms with Crippen molar-refractivity contribution < 1.29 is 4.79 Å². The molecule has 4 heteroatoms. The molecule has 3 nitrogen and oxygen atoms in total. The Bertz CT molecular complexity index is 543. The molecule has 1 heterocycles. The number of aromatic nitrogens is 2. The van der Waals surface area contributed by atoms with Crippen LogP contribution in [0.1, 0.15) is 28.5 Å². The van der Waals surface area contributed by atoms with E-state index in [2.05, 4.69) is 21.0 Å². The van der Waals surface area contributed by atoms with Crippen LogP contribution in [-0.2, 0) is 5.33 Å². The van der Waals surface area contributed by atoms with E-state index in [4.69, 9.17) is 0 Å². The van der Waals surface area contributed by atoms with Crippen molar-refractivity contribution >= 4 is 21.7 Å². The predicted molar refractivity (Wildman–Crippen MR) is 70.9 cm³/mol. The standard InChI is InChI=1S/C13H13BrN2O/c1-9-12(7-14)8-16(15-9)13-5-3-11(4-6-13)10(2)17/h3-6,8H,7H2,1-2H3. The summed E-state index contributed by atoms with van der Waals surface area (Å²) >= 11 is 3.43. The molecule has 0 amide bonds. The number of hydrogen-bond acceptors (Lipinski definition) is 2. The lowest BCUT2D eigenvalue weighted by atomic mass is 10.1. The summed E-state index contributed by atoms with van der Waals surface area (Å²) in [5.74, 6) is 0.0781. The van der Waals surface area contributed by atoms with E-state index in [9.17, 15) is 4.79 Å². The summed E-state index contributed by atoms with van der Waals surface area (Å²) in [6.45, 7) is 3.55. The van der Waals surface area contributed by atoms with E-state index >= 15 is 0 Å². The van der Waals surface area contributed by atoms with Crippen LogP contribution in [0, 0.1) is 6.92 Å². The van der Waals surface area contributed by atoms with E-state index in [-0.39, 0.29) is 5.78 Å². The van der Waals surface area contributed by atoms with Gasteiger partial charge in [-0.25, -0.2) is 4.68 Å². The highest BCUT2D eigenvalue weighted by atomic mass is 79.9. The first kappa shape index (κ1) is 12.0. The highest BCUT2D eigenvalue weighted by molar-refractivity contribution is 9.08. The van der Waals surface area contributed by atoms with Gasteiger partial charge in [0.15, 0.2) is 5.78 Å². The second-order valence-corrected chi connectivity index (χ2v) is 4.48. The summed E-state index contributed by atoms with van der Waals surface area (Å²) in [7, 11) is 0. The molecule has 0 fully saturated rings. The van der Waals surface area contributed by atoms with Crippen LogP contribution >= 0.6 is 15.9 Å². The largest absolute Gasteiger partial charge is 0.295 e. The summed E-state index contributed by atoms with van der Waals surface area (Å²) in [6, 6.07) is 7.45. The van der Waals surface area contributed by atoms with Gasteiger partial charge in [0.2, 0.25) is 0 Å². The summed E-state index contributed by atoms with van der Waals surface area (Å²) < 4.78 is 1.83. The molecule has 0 aliphatic rings. The fraction of sp³-hybridized carbons (Fsp3) is 0.231. The zero-order chi connectivity index (χ0) is 12.4. The van der Waals surface area contributed by atoms with Gasteiger partial charge in [0.05, 0.1) is 11.4 Å². The first-order valence-corrected chi connectivity index (χ1v) is 6.46. The predicted octanol–water partition coefficient (Wildman–Crippen LogP) is 3.28. The van der Waals surface area contributed by atoms with Gasteiger partial charge in [-0.2, -0.15) is 5.10 Å². The van der Waals surface area contributed by atoms with Crippen molar-refractivity contribution in [2.24, 2.45) is 0 Å². The highest BCUT2D eigenvalue weighted by Crippen LogP contribution is 2.15. The maximum Gasteiger partial charge on any atom is 0.159 e. The third-order valence-corrected chi connectivity index (χ3v) is 3.29. The normalized spacial score (nSPS) is 10.5. The number of carbonyl (C=O) groups is 1. The van der Waals surface area contributed by atoms with Gasteiger partial charge in [-0.15, -0.1) is 0 Å². The van der Waals surface area contributed by atoms with Crippen LogP contribution in [-0.4, -0.2) is 15.6 Å². The minimum absolute atomic E-state index is 0.0781. The summed E-state index contributed by atoms with van der Waals surface area (Å²) in [4.78, 5) is 11.2. The van der Waals surface area contributed by atoms with Gasteiger partial charge in [0, 0.05) is 22.7 Å². The van der Waals surface area contributed by atoms with Crippen molar-refractivity contribution in [3.63, 3.8) is 0 Å². The van der Waals surface area contributed by atoms with Gasteiger partial charge in [0.1, 0.15) is 0 Å². The number of ketones is 1. The van der Waals surface area contributed by atoms with Gasteiger partial charge in [0.25, 0.3) is 0 Å². The van der Waals surface area contributed by atoms with Crippen LogP contribution in [0.3, 0.4) is 0 Å². The second-order valence-electron chi connectivity index (χ2n) is 3.92. The Hall–Kier alpha value is -1.42. The first-order valence-electron chi connectivity index (χ1n) is 5.34. The molecule has 0 bridgehead atoms. The molecule has 1 aromatic heterocycles. The van der Waals surface area contributed by atoms with E-state index < -0.39 is 0 Å². The number of benzene rings is 1. The second kappa shape index (κ2) is 4.84. The van der Waals surface area contributed by atoms with E-state index in [0.717, 1.165) is 22.3 Å². The summed E-state index contributed by atoms with van der Waals surface area (Å²) in [5.41, 5.74) is 3.86. The van der Waals surface area contributed by atoms with Gasteiger partial charge in [-0.1, -0.05) is 15.9 Å². The minimum atomic E-state index is 0.0781. The van der Waals surface area contributed by atoms with Crippen LogP contribution in [0.15, 0.2) is 30.5 Å². The van der Waals surface area contributed by atoms with E-state index in [1.54, 1.807) is 6.92 Å². The fourth-order valence-corrected chi connectivity index (χ4v) is 2.16. The van der Waals surface area contributed by atoms with Crippen LogP contribution in [0.5, 0.6) is 0 Å². The van der Waals surface area contributed by atoms with E-state index in [1.807, 2.05) is 42.1 Å². The zero-order valence-electron chi connectivity index (χ0n) is 9.77. The number of halogens is 1. The number of Topliss-reactive ketones (excluding diaryl/α,β-unsaturated/α-hetero) is 1. The molecule has 0 aliphatic carbocycles. The van der Waals surface area contributed by atoms with Crippen LogP contribution in [0.2, 0.25) is 0 Å². The van der Waals surface area contributed by atoms with Gasteiger partial charge in [-0.05, 0) is 38.1 Å². The average molecular weight is 293 g/mol. The lowest BCUT2D eigenvalue weighted by Gasteiger charge is -2.01. The number of aryl methyl sites for hydroxylation is 1. The van der Waals surface area contributed by atoms with Crippen molar-refractivity contribution in [3.05, 3.63) is 47.3 Å². The Labute approximate surface area is 109 Å². The Morgan fingerprint density at radius 2 is 2.00 bits per heavy atom. The molecule has 0 saturated heterocycles.